The van der Waals surface area contributed by atoms with E-state index in [4.69, 9.17) is 4.74 Å². The van der Waals surface area contributed by atoms with E-state index in [1.54, 1.807) is 24.3 Å². The molecule has 3 aromatic rings. The number of aryl methyl sites for hydroxylation is 1. The number of benzene rings is 3. The van der Waals surface area contributed by atoms with Gasteiger partial charge in [0.25, 0.3) is 10.0 Å². The zero-order chi connectivity index (χ0) is 17.9. The lowest BCUT2D eigenvalue weighted by atomic mass is 10.2. The molecule has 0 bridgehead atoms. The summed E-state index contributed by atoms with van der Waals surface area (Å²) in [7, 11) is -3.65. The Morgan fingerprint density at radius 3 is 2.16 bits per heavy atom. The number of nitrogens with one attached hydrogen (secondary N) is 1. The molecule has 0 aliphatic carbocycles. The molecule has 0 aromatic heterocycles. The maximum absolute atomic E-state index is 12.5. The molecular formula is C19H16BrNO3S. The second kappa shape index (κ2) is 7.29. The van der Waals surface area contributed by atoms with Gasteiger partial charge in [0.1, 0.15) is 11.5 Å². The van der Waals surface area contributed by atoms with E-state index in [-0.39, 0.29) is 4.90 Å². The molecule has 4 nitrogen and oxygen atoms in total. The van der Waals surface area contributed by atoms with E-state index >= 15 is 0 Å². The van der Waals surface area contributed by atoms with Crippen molar-refractivity contribution in [3.8, 4) is 11.5 Å². The Bertz CT molecular complexity index is 971. The van der Waals surface area contributed by atoms with Crippen molar-refractivity contribution >= 4 is 31.6 Å². The molecule has 6 heteroatoms. The predicted octanol–water partition coefficient (Wildman–Crippen LogP) is 5.35. The maximum Gasteiger partial charge on any atom is 0.261 e. The molecule has 0 saturated heterocycles. The first kappa shape index (κ1) is 17.5. The van der Waals surface area contributed by atoms with Gasteiger partial charge in [0.2, 0.25) is 0 Å². The van der Waals surface area contributed by atoms with Gasteiger partial charge in [-0.25, -0.2) is 8.42 Å². The molecule has 128 valence electrons. The van der Waals surface area contributed by atoms with Gasteiger partial charge in [0.05, 0.1) is 4.90 Å². The van der Waals surface area contributed by atoms with Crippen LogP contribution in [0.4, 0.5) is 5.69 Å². The second-order valence-electron chi connectivity index (χ2n) is 5.46. The molecule has 0 heterocycles. The van der Waals surface area contributed by atoms with Crippen LogP contribution in [0.3, 0.4) is 0 Å². The molecule has 0 unspecified atom stereocenters. The van der Waals surface area contributed by atoms with Crippen LogP contribution in [-0.2, 0) is 10.0 Å². The number of sulfonamides is 1. The van der Waals surface area contributed by atoms with Crippen LogP contribution in [-0.4, -0.2) is 8.42 Å². The minimum Gasteiger partial charge on any atom is -0.457 e. The lowest BCUT2D eigenvalue weighted by molar-refractivity contribution is 0.482. The minimum absolute atomic E-state index is 0.175. The molecule has 0 saturated carbocycles. The van der Waals surface area contributed by atoms with Crippen LogP contribution in [0.25, 0.3) is 0 Å². The van der Waals surface area contributed by atoms with Crippen LogP contribution in [0, 0.1) is 6.92 Å². The van der Waals surface area contributed by atoms with Gasteiger partial charge in [-0.15, -0.1) is 0 Å². The van der Waals surface area contributed by atoms with Crippen molar-refractivity contribution in [3.63, 3.8) is 0 Å². The van der Waals surface area contributed by atoms with E-state index in [1.807, 2.05) is 43.3 Å². The third-order valence-electron chi connectivity index (χ3n) is 3.52. The number of para-hydroxylation sites is 1. The van der Waals surface area contributed by atoms with Crippen LogP contribution in [0.5, 0.6) is 11.5 Å². The van der Waals surface area contributed by atoms with Crippen molar-refractivity contribution < 1.29 is 13.2 Å². The van der Waals surface area contributed by atoms with Crippen LogP contribution in [0.1, 0.15) is 5.56 Å². The number of rotatable bonds is 5. The van der Waals surface area contributed by atoms with Gasteiger partial charge in [-0.1, -0.05) is 34.1 Å². The average molecular weight is 418 g/mol. The predicted molar refractivity (Wildman–Crippen MR) is 103 cm³/mol. The van der Waals surface area contributed by atoms with E-state index in [1.165, 1.54) is 12.1 Å². The maximum atomic E-state index is 12.5. The Hall–Kier alpha value is -2.31. The van der Waals surface area contributed by atoms with Crippen molar-refractivity contribution in [3.05, 3.63) is 82.8 Å². The van der Waals surface area contributed by atoms with E-state index in [9.17, 15) is 8.42 Å². The highest BCUT2D eigenvalue weighted by Gasteiger charge is 2.14. The highest BCUT2D eigenvalue weighted by molar-refractivity contribution is 9.10. The number of hydrogen-bond acceptors (Lipinski definition) is 3. The van der Waals surface area contributed by atoms with Gasteiger partial charge in [0, 0.05) is 10.2 Å². The largest absolute Gasteiger partial charge is 0.457 e. The second-order valence-corrected chi connectivity index (χ2v) is 7.99. The summed E-state index contributed by atoms with van der Waals surface area (Å²) in [5.41, 5.74) is 1.47. The Labute approximate surface area is 155 Å². The molecule has 25 heavy (non-hydrogen) atoms. The summed E-state index contributed by atoms with van der Waals surface area (Å²) < 4.78 is 34.2. The van der Waals surface area contributed by atoms with Gasteiger partial charge >= 0.3 is 0 Å². The standard InChI is InChI=1S/C19H16BrNO3S/c1-14-13-15(7-12-19(14)20)21-25(22,23)18-10-8-17(9-11-18)24-16-5-3-2-4-6-16/h2-13,21H,1H3. The third kappa shape index (κ3) is 4.41. The van der Waals surface area contributed by atoms with Crippen LogP contribution in [0.2, 0.25) is 0 Å². The summed E-state index contributed by atoms with van der Waals surface area (Å²) >= 11 is 3.40. The van der Waals surface area contributed by atoms with Crippen LogP contribution >= 0.6 is 15.9 Å². The summed E-state index contributed by atoms with van der Waals surface area (Å²) in [6, 6.07) is 20.9. The fraction of sp³-hybridized carbons (Fsp3) is 0.0526. The first-order valence-corrected chi connectivity index (χ1v) is 9.84. The smallest absolute Gasteiger partial charge is 0.261 e. The van der Waals surface area contributed by atoms with Gasteiger partial charge in [-0.3, -0.25) is 4.72 Å². The third-order valence-corrected chi connectivity index (χ3v) is 5.81. The molecule has 0 radical (unpaired) electrons. The molecule has 0 aliphatic rings. The summed E-state index contributed by atoms with van der Waals surface area (Å²) in [4.78, 5) is 0.175. The highest BCUT2D eigenvalue weighted by Crippen LogP contribution is 2.25. The first-order chi connectivity index (χ1) is 11.9. The van der Waals surface area contributed by atoms with Gasteiger partial charge in [0.15, 0.2) is 0 Å². The summed E-state index contributed by atoms with van der Waals surface area (Å²) in [6.07, 6.45) is 0. The number of ether oxygens (including phenoxy) is 1. The van der Waals surface area contributed by atoms with Gasteiger partial charge < -0.3 is 4.74 Å². The SMILES string of the molecule is Cc1cc(NS(=O)(=O)c2ccc(Oc3ccccc3)cc2)ccc1Br. The summed E-state index contributed by atoms with van der Waals surface area (Å²) in [5.74, 6) is 1.27. The van der Waals surface area contributed by atoms with E-state index in [0.29, 0.717) is 17.2 Å². The quantitative estimate of drug-likeness (QED) is 0.608. The number of hydrogen-bond donors (Lipinski definition) is 1. The van der Waals surface area contributed by atoms with Crippen LogP contribution in [0.15, 0.2) is 82.2 Å². The Balaban J connectivity index is 1.77. The lowest BCUT2D eigenvalue weighted by Gasteiger charge is -2.10. The molecule has 3 rings (SSSR count). The fourth-order valence-electron chi connectivity index (χ4n) is 2.23. The zero-order valence-corrected chi connectivity index (χ0v) is 15.8. The molecule has 0 atom stereocenters. The van der Waals surface area contributed by atoms with Crippen molar-refractivity contribution in [2.45, 2.75) is 11.8 Å². The molecule has 0 aliphatic heterocycles. The number of anilines is 1. The van der Waals surface area contributed by atoms with E-state index in [2.05, 4.69) is 20.7 Å². The molecule has 3 aromatic carbocycles. The van der Waals surface area contributed by atoms with Crippen molar-refractivity contribution in [1.82, 2.24) is 0 Å². The monoisotopic (exact) mass is 417 g/mol. The normalized spacial score (nSPS) is 11.1. The van der Waals surface area contributed by atoms with E-state index < -0.39 is 10.0 Å². The molecule has 1 N–H and O–H groups in total. The van der Waals surface area contributed by atoms with E-state index in [0.717, 1.165) is 10.0 Å². The lowest BCUT2D eigenvalue weighted by Crippen LogP contribution is -2.12. The van der Waals surface area contributed by atoms with Gasteiger partial charge in [-0.2, -0.15) is 0 Å². The minimum atomic E-state index is -3.65. The average Bonchev–Trinajstić information content (AvgIpc) is 2.59. The van der Waals surface area contributed by atoms with Gasteiger partial charge in [-0.05, 0) is 67.1 Å². The Kier molecular flexibility index (Phi) is 5.11. The first-order valence-electron chi connectivity index (χ1n) is 7.56. The molecule has 0 fully saturated rings. The highest BCUT2D eigenvalue weighted by atomic mass is 79.9. The summed E-state index contributed by atoms with van der Waals surface area (Å²) in [6.45, 7) is 1.90. The van der Waals surface area contributed by atoms with Crippen molar-refractivity contribution in [2.24, 2.45) is 0 Å². The van der Waals surface area contributed by atoms with Crippen LogP contribution < -0.4 is 9.46 Å². The molecular weight excluding hydrogens is 402 g/mol. The Morgan fingerprint density at radius 2 is 1.52 bits per heavy atom. The Morgan fingerprint density at radius 1 is 0.880 bits per heavy atom. The number of halogens is 1. The molecule has 0 spiro atoms. The zero-order valence-electron chi connectivity index (χ0n) is 13.4. The van der Waals surface area contributed by atoms with Crippen molar-refractivity contribution in [1.29, 1.82) is 0 Å². The molecule has 0 amide bonds. The fourth-order valence-corrected chi connectivity index (χ4v) is 3.53. The topological polar surface area (TPSA) is 55.4 Å². The van der Waals surface area contributed by atoms with Crippen molar-refractivity contribution in [2.75, 3.05) is 4.72 Å². The summed E-state index contributed by atoms with van der Waals surface area (Å²) in [5, 5.41) is 0.